The predicted octanol–water partition coefficient (Wildman–Crippen LogP) is 6.11. The zero-order valence-electron chi connectivity index (χ0n) is 37.5. The minimum atomic E-state index is -0.883. The molecule has 0 aliphatic heterocycles. The van der Waals surface area contributed by atoms with Gasteiger partial charge in [-0.3, -0.25) is 28.8 Å². The van der Waals surface area contributed by atoms with Crippen LogP contribution in [0.25, 0.3) is 0 Å². The second-order valence-corrected chi connectivity index (χ2v) is 20.5. The fourth-order valence-corrected chi connectivity index (χ4v) is 7.79. The number of thioether (sulfide) groups is 2. The Bertz CT molecular complexity index is 1370. The standard InChI is InChI=1S/C41H73BN4O10S2/c1-13-57-28-31(2)36(49)54-24-22-52-34(47)14-18-45(26-33-27-46(44-43-33)20-16-41(11,42)56-21-17-39(7,8)51-12)19-15-35(48)53-23-25-55-37(50)32(3)29-58-40(9,10)30-38(4,5)6/h27,31-32H,13-26,28-30H2,1-12H3. The Hall–Kier alpha value is -2.34. The number of aromatic nitrogens is 3. The number of aryl methyl sites for hydroxylation is 1. The number of carbonyl (C=O) groups is 4. The molecule has 0 aromatic carbocycles. The molecule has 0 saturated heterocycles. The van der Waals surface area contributed by atoms with Crippen LogP contribution >= 0.6 is 23.5 Å². The van der Waals surface area contributed by atoms with Crippen molar-refractivity contribution in [2.75, 3.05) is 70.5 Å². The van der Waals surface area contributed by atoms with Crippen LogP contribution in [0.2, 0.25) is 0 Å². The summed E-state index contributed by atoms with van der Waals surface area (Å²) in [5.74, 6) is 0.105. The van der Waals surface area contributed by atoms with Crippen LogP contribution in [-0.4, -0.2) is 138 Å². The number of ether oxygens (including phenoxy) is 6. The van der Waals surface area contributed by atoms with Crippen molar-refractivity contribution in [2.24, 2.45) is 17.3 Å². The third-order valence-corrected chi connectivity index (χ3v) is 11.7. The average molecular weight is 857 g/mol. The monoisotopic (exact) mass is 856 g/mol. The number of methoxy groups -OCH3 is 1. The van der Waals surface area contributed by atoms with Gasteiger partial charge in [0.15, 0.2) is 0 Å². The molecule has 58 heavy (non-hydrogen) atoms. The molecule has 1 aromatic rings. The van der Waals surface area contributed by atoms with Crippen LogP contribution in [0.5, 0.6) is 0 Å². The maximum absolute atomic E-state index is 12.7. The molecule has 17 heteroatoms. The Labute approximate surface area is 358 Å². The summed E-state index contributed by atoms with van der Waals surface area (Å²) in [4.78, 5) is 52.0. The summed E-state index contributed by atoms with van der Waals surface area (Å²) in [5, 5.41) is 8.54. The number of nitrogens with zero attached hydrogens (tertiary/aromatic N) is 4. The van der Waals surface area contributed by atoms with Crippen molar-refractivity contribution in [3.63, 3.8) is 0 Å². The summed E-state index contributed by atoms with van der Waals surface area (Å²) in [6.45, 7) is 24.0. The largest absolute Gasteiger partial charge is 0.462 e. The van der Waals surface area contributed by atoms with Gasteiger partial charge in [-0.1, -0.05) is 60.6 Å². The van der Waals surface area contributed by atoms with Gasteiger partial charge in [-0.05, 0) is 51.2 Å². The van der Waals surface area contributed by atoms with Crippen molar-refractivity contribution < 1.29 is 47.6 Å². The highest BCUT2D eigenvalue weighted by molar-refractivity contribution is 8.00. The first-order valence-corrected chi connectivity index (χ1v) is 22.6. The van der Waals surface area contributed by atoms with Gasteiger partial charge in [-0.15, -0.1) is 5.10 Å². The third-order valence-electron chi connectivity index (χ3n) is 9.00. The van der Waals surface area contributed by atoms with Crippen LogP contribution in [-0.2, 0) is 60.7 Å². The van der Waals surface area contributed by atoms with E-state index in [2.05, 4.69) is 44.9 Å². The molecule has 0 amide bonds. The van der Waals surface area contributed by atoms with E-state index in [0.717, 1.165) is 12.2 Å². The SMILES string of the molecule is [B]C(C)(CCn1cc(CN(CCC(=O)OCCOC(=O)C(C)CSCC)CCC(=O)OCCOC(=O)C(C)CSC(C)(C)CC(C)(C)C)nn1)OCCC(C)(C)OC. The van der Waals surface area contributed by atoms with Crippen LogP contribution in [0, 0.1) is 17.3 Å². The molecule has 1 rings (SSSR count). The molecule has 3 unspecified atom stereocenters. The minimum Gasteiger partial charge on any atom is -0.462 e. The molecule has 1 heterocycles. The topological polar surface area (TPSA) is 158 Å². The van der Waals surface area contributed by atoms with E-state index in [0.29, 0.717) is 49.7 Å². The molecule has 2 radical (unpaired) electrons. The van der Waals surface area contributed by atoms with Gasteiger partial charge >= 0.3 is 23.9 Å². The van der Waals surface area contributed by atoms with Crippen molar-refractivity contribution in [2.45, 2.75) is 137 Å². The number of carbonyl (C=O) groups excluding carboxylic acids is 4. The van der Waals surface area contributed by atoms with Crippen molar-refractivity contribution in [3.05, 3.63) is 11.9 Å². The summed E-state index contributed by atoms with van der Waals surface area (Å²) >= 11 is 3.42. The van der Waals surface area contributed by atoms with Crippen molar-refractivity contribution >= 4 is 55.2 Å². The normalized spacial score (nSPS) is 14.4. The van der Waals surface area contributed by atoms with Gasteiger partial charge in [-0.2, -0.15) is 23.5 Å². The second-order valence-electron chi connectivity index (χ2n) is 17.4. The summed E-state index contributed by atoms with van der Waals surface area (Å²) in [6.07, 6.45) is 4.04. The maximum atomic E-state index is 12.7. The molecule has 0 aliphatic rings. The quantitative estimate of drug-likeness (QED) is 0.0364. The summed E-state index contributed by atoms with van der Waals surface area (Å²) in [6, 6.07) is 0. The van der Waals surface area contributed by atoms with E-state index in [9.17, 15) is 19.2 Å². The molecule has 3 atom stereocenters. The fraction of sp³-hybridized carbons (Fsp3) is 0.854. The molecule has 0 spiro atoms. The highest BCUT2D eigenvalue weighted by Gasteiger charge is 2.28. The molecule has 0 N–H and O–H groups in total. The van der Waals surface area contributed by atoms with Crippen LogP contribution < -0.4 is 0 Å². The lowest BCUT2D eigenvalue weighted by molar-refractivity contribution is -0.154. The summed E-state index contributed by atoms with van der Waals surface area (Å²) < 4.78 is 34.4. The van der Waals surface area contributed by atoms with E-state index in [1.165, 1.54) is 0 Å². The van der Waals surface area contributed by atoms with Gasteiger partial charge in [0.1, 0.15) is 34.3 Å². The zero-order valence-corrected chi connectivity index (χ0v) is 39.2. The molecular weight excluding hydrogens is 783 g/mol. The van der Waals surface area contributed by atoms with E-state index in [1.807, 2.05) is 46.4 Å². The first kappa shape index (κ1) is 53.7. The van der Waals surface area contributed by atoms with Gasteiger partial charge in [0, 0.05) is 67.8 Å². The highest BCUT2D eigenvalue weighted by atomic mass is 32.2. The van der Waals surface area contributed by atoms with Gasteiger partial charge in [-0.25, -0.2) is 0 Å². The number of hydrogen-bond acceptors (Lipinski definition) is 15. The first-order chi connectivity index (χ1) is 27.0. The van der Waals surface area contributed by atoms with E-state index in [-0.39, 0.29) is 91.9 Å². The fourth-order valence-electron chi connectivity index (χ4n) is 5.69. The Morgan fingerprint density at radius 3 is 1.86 bits per heavy atom. The lowest BCUT2D eigenvalue weighted by atomic mass is 9.80. The highest BCUT2D eigenvalue weighted by Crippen LogP contribution is 2.37. The van der Waals surface area contributed by atoms with Crippen LogP contribution in [0.1, 0.15) is 114 Å². The zero-order chi connectivity index (χ0) is 44.0. The Balaban J connectivity index is 2.70. The molecule has 0 bridgehead atoms. The van der Waals surface area contributed by atoms with Gasteiger partial charge in [0.2, 0.25) is 0 Å². The molecule has 0 saturated carbocycles. The molecule has 0 aliphatic carbocycles. The summed E-state index contributed by atoms with van der Waals surface area (Å²) in [5.41, 5.74) is -0.380. The number of esters is 4. The van der Waals surface area contributed by atoms with E-state index >= 15 is 0 Å². The van der Waals surface area contributed by atoms with Crippen LogP contribution in [0.15, 0.2) is 6.20 Å². The van der Waals surface area contributed by atoms with E-state index in [1.54, 1.807) is 41.5 Å². The molecule has 1 aromatic heterocycles. The first-order valence-electron chi connectivity index (χ1n) is 20.4. The second kappa shape index (κ2) is 26.8. The maximum Gasteiger partial charge on any atom is 0.309 e. The molecule has 0 fully saturated rings. The Kier molecular flexibility index (Phi) is 24.8. The minimum absolute atomic E-state index is 0.0226. The van der Waals surface area contributed by atoms with Crippen molar-refractivity contribution in [3.8, 4) is 0 Å². The van der Waals surface area contributed by atoms with Crippen LogP contribution in [0.4, 0.5) is 0 Å². The number of rotatable bonds is 31. The van der Waals surface area contributed by atoms with E-state index in [4.69, 9.17) is 36.3 Å². The molecule has 332 valence electrons. The Morgan fingerprint density at radius 1 is 0.810 bits per heavy atom. The molecular formula is C41H73BN4O10S2. The smallest absolute Gasteiger partial charge is 0.309 e. The Morgan fingerprint density at radius 2 is 1.34 bits per heavy atom. The van der Waals surface area contributed by atoms with Crippen molar-refractivity contribution in [1.29, 1.82) is 0 Å². The average Bonchev–Trinajstić information content (AvgIpc) is 3.59. The lowest BCUT2D eigenvalue weighted by Gasteiger charge is -2.32. The third kappa shape index (κ3) is 26.0. The lowest BCUT2D eigenvalue weighted by Crippen LogP contribution is -2.34. The summed E-state index contributed by atoms with van der Waals surface area (Å²) in [7, 11) is 8.06. The predicted molar refractivity (Wildman–Crippen MR) is 231 cm³/mol. The molecule has 14 nitrogen and oxygen atoms in total. The van der Waals surface area contributed by atoms with Crippen LogP contribution in [0.3, 0.4) is 0 Å². The van der Waals surface area contributed by atoms with Gasteiger partial charge in [0.05, 0.1) is 36.0 Å². The van der Waals surface area contributed by atoms with Crippen molar-refractivity contribution in [1.82, 2.24) is 19.9 Å². The van der Waals surface area contributed by atoms with Gasteiger partial charge in [0.25, 0.3) is 0 Å². The van der Waals surface area contributed by atoms with E-state index < -0.39 is 17.4 Å². The van der Waals surface area contributed by atoms with Gasteiger partial charge < -0.3 is 28.4 Å². The number of hydrogen-bond donors (Lipinski definition) is 0.